The molecule has 0 aliphatic heterocycles. The smallest absolute Gasteiger partial charge is 0.320 e. The number of aromatic nitrogens is 1. The second kappa shape index (κ2) is 7.99. The van der Waals surface area contributed by atoms with Crippen LogP contribution in [-0.2, 0) is 0 Å². The molecular formula is C18H15ClN4O2S. The average Bonchev–Trinajstić information content (AvgIpc) is 3.05. The summed E-state index contributed by atoms with van der Waals surface area (Å²) in [5.74, 6) is -0.334. The van der Waals surface area contributed by atoms with Gasteiger partial charge >= 0.3 is 6.03 Å². The summed E-state index contributed by atoms with van der Waals surface area (Å²) < 4.78 is 0. The van der Waals surface area contributed by atoms with Gasteiger partial charge in [-0.05, 0) is 36.8 Å². The lowest BCUT2D eigenvalue weighted by Gasteiger charge is -2.06. The largest absolute Gasteiger partial charge is 0.325 e. The average molecular weight is 387 g/mol. The molecule has 0 saturated heterocycles. The molecule has 3 N–H and O–H groups in total. The number of halogens is 1. The van der Waals surface area contributed by atoms with E-state index in [2.05, 4.69) is 20.9 Å². The maximum Gasteiger partial charge on any atom is 0.325 e. The van der Waals surface area contributed by atoms with Crippen LogP contribution in [0.5, 0.6) is 0 Å². The molecule has 0 unspecified atom stereocenters. The summed E-state index contributed by atoms with van der Waals surface area (Å²) in [5.41, 5.74) is 2.47. The molecule has 0 aliphatic rings. The van der Waals surface area contributed by atoms with Gasteiger partial charge < -0.3 is 10.6 Å². The van der Waals surface area contributed by atoms with E-state index in [0.29, 0.717) is 15.8 Å². The van der Waals surface area contributed by atoms with Gasteiger partial charge in [0.1, 0.15) is 5.69 Å². The molecule has 1 heterocycles. The lowest BCUT2D eigenvalue weighted by Crippen LogP contribution is -2.19. The number of rotatable bonds is 4. The Morgan fingerprint density at radius 3 is 2.62 bits per heavy atom. The Morgan fingerprint density at radius 1 is 1.04 bits per heavy atom. The summed E-state index contributed by atoms with van der Waals surface area (Å²) in [5, 5.41) is 10.5. The number of benzene rings is 2. The molecule has 0 aliphatic carbocycles. The number of nitrogens with zero attached hydrogens (tertiary/aromatic N) is 1. The van der Waals surface area contributed by atoms with E-state index in [-0.39, 0.29) is 11.6 Å². The predicted octanol–water partition coefficient (Wildman–Crippen LogP) is 5.00. The normalized spacial score (nSPS) is 10.2. The van der Waals surface area contributed by atoms with Crippen molar-refractivity contribution in [1.29, 1.82) is 0 Å². The number of carbonyl (C=O) groups is 2. The Kier molecular flexibility index (Phi) is 5.50. The van der Waals surface area contributed by atoms with Crippen molar-refractivity contribution in [1.82, 2.24) is 4.98 Å². The topological polar surface area (TPSA) is 83.1 Å². The summed E-state index contributed by atoms with van der Waals surface area (Å²) in [6.07, 6.45) is 0. The van der Waals surface area contributed by atoms with Crippen LogP contribution in [0.25, 0.3) is 0 Å². The number of thiazole rings is 1. The minimum Gasteiger partial charge on any atom is -0.320 e. The summed E-state index contributed by atoms with van der Waals surface area (Å²) >= 11 is 7.04. The highest BCUT2D eigenvalue weighted by atomic mass is 35.5. The van der Waals surface area contributed by atoms with Crippen molar-refractivity contribution in [2.45, 2.75) is 6.92 Å². The number of amides is 3. The summed E-state index contributed by atoms with van der Waals surface area (Å²) in [6, 6.07) is 13.8. The highest BCUT2D eigenvalue weighted by molar-refractivity contribution is 7.14. The van der Waals surface area contributed by atoms with Crippen molar-refractivity contribution < 1.29 is 9.59 Å². The number of anilines is 3. The van der Waals surface area contributed by atoms with Crippen LogP contribution in [0.4, 0.5) is 21.3 Å². The van der Waals surface area contributed by atoms with Crippen LogP contribution in [0, 0.1) is 6.92 Å². The molecule has 2 aromatic carbocycles. The van der Waals surface area contributed by atoms with Crippen LogP contribution in [-0.4, -0.2) is 16.9 Å². The minimum atomic E-state index is -0.465. The van der Waals surface area contributed by atoms with Crippen LogP contribution in [0.1, 0.15) is 16.1 Å². The summed E-state index contributed by atoms with van der Waals surface area (Å²) in [7, 11) is 0. The van der Waals surface area contributed by atoms with Gasteiger partial charge in [-0.15, -0.1) is 11.3 Å². The van der Waals surface area contributed by atoms with Crippen molar-refractivity contribution in [3.8, 4) is 0 Å². The molecule has 1 aromatic heterocycles. The van der Waals surface area contributed by atoms with Gasteiger partial charge in [0.2, 0.25) is 0 Å². The fourth-order valence-corrected chi connectivity index (χ4v) is 3.04. The van der Waals surface area contributed by atoms with Gasteiger partial charge in [0.25, 0.3) is 5.91 Å². The first-order valence-corrected chi connectivity index (χ1v) is 8.93. The molecule has 3 aromatic rings. The molecule has 3 rings (SSSR count). The molecule has 26 heavy (non-hydrogen) atoms. The van der Waals surface area contributed by atoms with Crippen LogP contribution >= 0.6 is 22.9 Å². The molecule has 132 valence electrons. The number of aryl methyl sites for hydroxylation is 1. The van der Waals surface area contributed by atoms with Gasteiger partial charge in [0.15, 0.2) is 5.13 Å². The molecule has 6 nitrogen and oxygen atoms in total. The van der Waals surface area contributed by atoms with E-state index in [1.807, 2.05) is 31.2 Å². The van der Waals surface area contributed by atoms with Crippen molar-refractivity contribution in [2.75, 3.05) is 16.0 Å². The predicted molar refractivity (Wildman–Crippen MR) is 105 cm³/mol. The van der Waals surface area contributed by atoms with Crippen molar-refractivity contribution in [3.05, 3.63) is 70.2 Å². The lowest BCUT2D eigenvalue weighted by atomic mass is 10.2. The fraction of sp³-hybridized carbons (Fsp3) is 0.0556. The number of urea groups is 1. The van der Waals surface area contributed by atoms with Crippen LogP contribution in [0.3, 0.4) is 0 Å². The molecule has 0 saturated carbocycles. The molecule has 0 atom stereocenters. The van der Waals surface area contributed by atoms with Gasteiger partial charge in [0, 0.05) is 21.8 Å². The second-order valence-electron chi connectivity index (χ2n) is 5.40. The number of carbonyl (C=O) groups excluding carboxylic acids is 2. The quantitative estimate of drug-likeness (QED) is 0.589. The SMILES string of the molecule is Cc1ccccc1NC(=O)c1csc(NC(=O)Nc2cccc(Cl)c2)n1. The van der Waals surface area contributed by atoms with E-state index in [4.69, 9.17) is 11.6 Å². The molecule has 0 fully saturated rings. The molecule has 0 spiro atoms. The first-order valence-electron chi connectivity index (χ1n) is 7.67. The van der Waals surface area contributed by atoms with Gasteiger partial charge in [-0.25, -0.2) is 9.78 Å². The van der Waals surface area contributed by atoms with Crippen LogP contribution in [0.2, 0.25) is 5.02 Å². The maximum absolute atomic E-state index is 12.3. The van der Waals surface area contributed by atoms with E-state index in [9.17, 15) is 9.59 Å². The Hall–Kier alpha value is -2.90. The van der Waals surface area contributed by atoms with Gasteiger partial charge in [-0.2, -0.15) is 0 Å². The first-order chi connectivity index (χ1) is 12.5. The Balaban J connectivity index is 1.61. The summed E-state index contributed by atoms with van der Waals surface area (Å²) in [6.45, 7) is 1.91. The number of hydrogen-bond acceptors (Lipinski definition) is 4. The Morgan fingerprint density at radius 2 is 1.85 bits per heavy atom. The standard InChI is InChI=1S/C18H15ClN4O2S/c1-11-5-2-3-8-14(11)21-16(24)15-10-26-18(22-15)23-17(25)20-13-7-4-6-12(19)9-13/h2-10H,1H3,(H,21,24)(H2,20,22,23,25). The minimum absolute atomic E-state index is 0.233. The lowest BCUT2D eigenvalue weighted by molar-refractivity contribution is 0.102. The van der Waals surface area contributed by atoms with Gasteiger partial charge in [-0.3, -0.25) is 10.1 Å². The zero-order chi connectivity index (χ0) is 18.5. The molecule has 8 heteroatoms. The third-order valence-electron chi connectivity index (χ3n) is 3.43. The van der Waals surface area contributed by atoms with Gasteiger partial charge in [0.05, 0.1) is 0 Å². The van der Waals surface area contributed by atoms with Crippen molar-refractivity contribution in [3.63, 3.8) is 0 Å². The maximum atomic E-state index is 12.3. The van der Waals surface area contributed by atoms with Crippen LogP contribution in [0.15, 0.2) is 53.9 Å². The zero-order valence-corrected chi connectivity index (χ0v) is 15.3. The van der Waals surface area contributed by atoms with Gasteiger partial charge in [-0.1, -0.05) is 35.9 Å². The monoisotopic (exact) mass is 386 g/mol. The molecule has 3 amide bonds. The fourth-order valence-electron chi connectivity index (χ4n) is 2.16. The molecule has 0 bridgehead atoms. The van der Waals surface area contributed by atoms with E-state index in [1.54, 1.807) is 29.6 Å². The van der Waals surface area contributed by atoms with Crippen molar-refractivity contribution in [2.24, 2.45) is 0 Å². The van der Waals surface area contributed by atoms with E-state index >= 15 is 0 Å². The summed E-state index contributed by atoms with van der Waals surface area (Å²) in [4.78, 5) is 28.4. The van der Waals surface area contributed by atoms with E-state index in [0.717, 1.165) is 22.6 Å². The first kappa shape index (κ1) is 17.9. The zero-order valence-electron chi connectivity index (χ0n) is 13.7. The van der Waals surface area contributed by atoms with Crippen molar-refractivity contribution >= 4 is 51.4 Å². The second-order valence-corrected chi connectivity index (χ2v) is 6.69. The highest BCUT2D eigenvalue weighted by Gasteiger charge is 2.13. The number of para-hydroxylation sites is 1. The Bertz CT molecular complexity index is 958. The number of hydrogen-bond donors (Lipinski definition) is 3. The number of nitrogens with one attached hydrogen (secondary N) is 3. The van der Waals surface area contributed by atoms with Crippen LogP contribution < -0.4 is 16.0 Å². The Labute approximate surface area is 159 Å². The third kappa shape index (κ3) is 4.59. The highest BCUT2D eigenvalue weighted by Crippen LogP contribution is 2.19. The van der Waals surface area contributed by atoms with E-state index in [1.165, 1.54) is 0 Å². The van der Waals surface area contributed by atoms with E-state index < -0.39 is 6.03 Å². The third-order valence-corrected chi connectivity index (χ3v) is 4.43. The molecule has 0 radical (unpaired) electrons. The molecular weight excluding hydrogens is 372 g/mol.